The van der Waals surface area contributed by atoms with Gasteiger partial charge in [0.1, 0.15) is 0 Å². The van der Waals surface area contributed by atoms with Gasteiger partial charge in [-0.05, 0) is 30.7 Å². The van der Waals surface area contributed by atoms with Crippen LogP contribution in [0, 0.1) is 0 Å². The number of nitrogens with one attached hydrogen (secondary N) is 1. The number of anilines is 1. The highest BCUT2D eigenvalue weighted by Gasteiger charge is 2.20. The van der Waals surface area contributed by atoms with Crippen LogP contribution in [0.25, 0.3) is 0 Å². The van der Waals surface area contributed by atoms with E-state index in [4.69, 9.17) is 4.74 Å². The van der Waals surface area contributed by atoms with Crippen LogP contribution in [0.2, 0.25) is 0 Å². The molecule has 0 saturated carbocycles. The predicted molar refractivity (Wildman–Crippen MR) is 91.0 cm³/mol. The molecule has 0 radical (unpaired) electrons. The Morgan fingerprint density at radius 1 is 1.17 bits per heavy atom. The molecule has 0 aliphatic rings. The van der Waals surface area contributed by atoms with Crippen molar-refractivity contribution < 1.29 is 22.7 Å². The largest absolute Gasteiger partial charge is 0.456 e. The highest BCUT2D eigenvalue weighted by atomic mass is 32.2. The fourth-order valence-corrected chi connectivity index (χ4v) is 3.05. The highest BCUT2D eigenvalue weighted by molar-refractivity contribution is 7.89. The average molecular weight is 356 g/mol. The number of amides is 1. The minimum atomic E-state index is -3.53. The molecule has 0 bridgehead atoms. The third-order valence-electron chi connectivity index (χ3n) is 3.33. The van der Waals surface area contributed by atoms with Gasteiger partial charge < -0.3 is 10.1 Å². The molecule has 0 saturated heterocycles. The van der Waals surface area contributed by atoms with Crippen LogP contribution >= 0.6 is 0 Å². The molecule has 8 heteroatoms. The van der Waals surface area contributed by atoms with Gasteiger partial charge in [0.15, 0.2) is 6.61 Å². The molecule has 1 aromatic carbocycles. The molecule has 1 rings (SSSR count). The first-order valence-electron chi connectivity index (χ1n) is 7.83. The van der Waals surface area contributed by atoms with Gasteiger partial charge in [-0.1, -0.05) is 20.3 Å². The first kappa shape index (κ1) is 20.1. The Kier molecular flexibility index (Phi) is 7.87. The maximum absolute atomic E-state index is 12.4. The number of nitrogens with zero attached hydrogens (tertiary/aromatic N) is 1. The Hall–Kier alpha value is -1.93. The van der Waals surface area contributed by atoms with Crippen LogP contribution in [0.3, 0.4) is 0 Å². The predicted octanol–water partition coefficient (Wildman–Crippen LogP) is 2.00. The van der Waals surface area contributed by atoms with Crippen LogP contribution < -0.4 is 5.32 Å². The number of unbranched alkanes of at least 4 members (excludes halogenated alkanes) is 1. The summed E-state index contributed by atoms with van der Waals surface area (Å²) in [5, 5.41) is 2.54. The smallest absolute Gasteiger partial charge is 0.306 e. The lowest BCUT2D eigenvalue weighted by atomic mass is 10.3. The molecular formula is C16H24N2O5S. The number of hydrogen-bond donors (Lipinski definition) is 1. The van der Waals surface area contributed by atoms with Crippen LogP contribution in [0.1, 0.15) is 33.1 Å². The first-order valence-corrected chi connectivity index (χ1v) is 9.27. The van der Waals surface area contributed by atoms with E-state index in [2.05, 4.69) is 5.32 Å². The minimum Gasteiger partial charge on any atom is -0.456 e. The molecule has 134 valence electrons. The molecule has 0 atom stereocenters. The number of esters is 1. The second-order valence-corrected chi connectivity index (χ2v) is 7.31. The van der Waals surface area contributed by atoms with Gasteiger partial charge in [0, 0.05) is 25.7 Å². The quantitative estimate of drug-likeness (QED) is 0.683. The van der Waals surface area contributed by atoms with E-state index in [1.807, 2.05) is 6.92 Å². The number of hydrogen-bond acceptors (Lipinski definition) is 5. The van der Waals surface area contributed by atoms with Crippen molar-refractivity contribution in [1.29, 1.82) is 0 Å². The van der Waals surface area contributed by atoms with E-state index >= 15 is 0 Å². The normalized spacial score (nSPS) is 11.3. The molecule has 7 nitrogen and oxygen atoms in total. The van der Waals surface area contributed by atoms with Crippen LogP contribution in [0.15, 0.2) is 29.2 Å². The van der Waals surface area contributed by atoms with Crippen molar-refractivity contribution in [3.63, 3.8) is 0 Å². The number of sulfonamides is 1. The molecule has 0 aliphatic carbocycles. The number of ether oxygens (including phenoxy) is 1. The molecule has 0 unspecified atom stereocenters. The zero-order valence-electron chi connectivity index (χ0n) is 14.2. The zero-order valence-corrected chi connectivity index (χ0v) is 15.1. The summed E-state index contributed by atoms with van der Waals surface area (Å²) in [5.74, 6) is -0.936. The van der Waals surface area contributed by atoms with Gasteiger partial charge in [-0.25, -0.2) is 12.7 Å². The van der Waals surface area contributed by atoms with Gasteiger partial charge >= 0.3 is 5.97 Å². The second-order valence-electron chi connectivity index (χ2n) is 5.27. The molecule has 1 aromatic rings. The molecule has 0 fully saturated rings. The van der Waals surface area contributed by atoms with Gasteiger partial charge in [0.25, 0.3) is 5.91 Å². The van der Waals surface area contributed by atoms with Crippen LogP contribution in [0.5, 0.6) is 0 Å². The van der Waals surface area contributed by atoms with Crippen molar-refractivity contribution in [2.24, 2.45) is 0 Å². The maximum atomic E-state index is 12.4. The van der Waals surface area contributed by atoms with E-state index in [-0.39, 0.29) is 17.9 Å². The summed E-state index contributed by atoms with van der Waals surface area (Å²) in [5.41, 5.74) is 0.433. The lowest BCUT2D eigenvalue weighted by Crippen LogP contribution is -2.28. The van der Waals surface area contributed by atoms with Crippen LogP contribution in [-0.4, -0.2) is 44.8 Å². The summed E-state index contributed by atoms with van der Waals surface area (Å²) in [4.78, 5) is 22.8. The summed E-state index contributed by atoms with van der Waals surface area (Å²) in [6.07, 6.45) is 1.90. The van der Waals surface area contributed by atoms with Gasteiger partial charge in [0.2, 0.25) is 10.0 Å². The average Bonchev–Trinajstić information content (AvgIpc) is 2.57. The first-order chi connectivity index (χ1) is 11.3. The van der Waals surface area contributed by atoms with Crippen molar-refractivity contribution in [2.75, 3.05) is 25.5 Å². The van der Waals surface area contributed by atoms with Crippen LogP contribution in [-0.2, 0) is 24.3 Å². The van der Waals surface area contributed by atoms with Gasteiger partial charge in [-0.3, -0.25) is 9.59 Å². The van der Waals surface area contributed by atoms with Crippen molar-refractivity contribution in [2.45, 2.75) is 38.0 Å². The van der Waals surface area contributed by atoms with E-state index in [1.165, 1.54) is 28.6 Å². The zero-order chi connectivity index (χ0) is 18.2. The monoisotopic (exact) mass is 356 g/mol. The summed E-state index contributed by atoms with van der Waals surface area (Å²) in [6.45, 7) is 3.72. The minimum absolute atomic E-state index is 0.163. The molecular weight excluding hydrogens is 332 g/mol. The molecule has 24 heavy (non-hydrogen) atoms. The SMILES string of the molecule is CCCCN(C)S(=O)(=O)c1ccc(NC(=O)COC(=O)CC)cc1. The maximum Gasteiger partial charge on any atom is 0.306 e. The molecule has 0 heterocycles. The summed E-state index contributed by atoms with van der Waals surface area (Å²) < 4.78 is 30.8. The Bertz CT molecular complexity index is 656. The summed E-state index contributed by atoms with van der Waals surface area (Å²) in [7, 11) is -1.99. The van der Waals surface area contributed by atoms with E-state index in [0.29, 0.717) is 12.2 Å². The highest BCUT2D eigenvalue weighted by Crippen LogP contribution is 2.18. The second kappa shape index (κ2) is 9.39. The molecule has 0 aromatic heterocycles. The Morgan fingerprint density at radius 2 is 1.79 bits per heavy atom. The molecule has 1 N–H and O–H groups in total. The van der Waals surface area contributed by atoms with Gasteiger partial charge in [-0.15, -0.1) is 0 Å². The summed E-state index contributed by atoms with van der Waals surface area (Å²) in [6, 6.07) is 5.87. The third-order valence-corrected chi connectivity index (χ3v) is 5.20. The van der Waals surface area contributed by atoms with Gasteiger partial charge in [0.05, 0.1) is 4.90 Å². The lowest BCUT2D eigenvalue weighted by molar-refractivity contribution is -0.146. The van der Waals surface area contributed by atoms with E-state index in [9.17, 15) is 18.0 Å². The van der Waals surface area contributed by atoms with Crippen molar-refractivity contribution >= 4 is 27.6 Å². The molecule has 0 aliphatic heterocycles. The topological polar surface area (TPSA) is 92.8 Å². The number of carbonyl (C=O) groups is 2. The fourth-order valence-electron chi connectivity index (χ4n) is 1.84. The van der Waals surface area contributed by atoms with Crippen molar-refractivity contribution in [3.8, 4) is 0 Å². The summed E-state index contributed by atoms with van der Waals surface area (Å²) >= 11 is 0. The van der Waals surface area contributed by atoms with Crippen molar-refractivity contribution in [1.82, 2.24) is 4.31 Å². The molecule has 1 amide bonds. The number of rotatable bonds is 9. The van der Waals surface area contributed by atoms with Crippen LogP contribution in [0.4, 0.5) is 5.69 Å². The van der Waals surface area contributed by atoms with E-state index < -0.39 is 21.9 Å². The molecule has 0 spiro atoms. The van der Waals surface area contributed by atoms with E-state index in [0.717, 1.165) is 12.8 Å². The fraction of sp³-hybridized carbons (Fsp3) is 0.500. The van der Waals surface area contributed by atoms with Crippen molar-refractivity contribution in [3.05, 3.63) is 24.3 Å². The van der Waals surface area contributed by atoms with Gasteiger partial charge in [-0.2, -0.15) is 0 Å². The lowest BCUT2D eigenvalue weighted by Gasteiger charge is -2.17. The Labute approximate surface area is 143 Å². The number of carbonyl (C=O) groups excluding carboxylic acids is 2. The number of benzene rings is 1. The third kappa shape index (κ3) is 5.93. The standard InChI is InChI=1S/C16H24N2O5S/c1-4-6-11-18(3)24(21,22)14-9-7-13(8-10-14)17-15(19)12-23-16(20)5-2/h7-10H,4-6,11-12H2,1-3H3,(H,17,19). The Balaban J connectivity index is 2.68. The Morgan fingerprint density at radius 3 is 2.33 bits per heavy atom. The van der Waals surface area contributed by atoms with E-state index in [1.54, 1.807) is 14.0 Å².